The van der Waals surface area contributed by atoms with Crippen molar-refractivity contribution in [3.05, 3.63) is 11.8 Å². The molecule has 1 saturated carbocycles. The summed E-state index contributed by atoms with van der Waals surface area (Å²) in [6.45, 7) is 4.27. The number of nitrogens with zero attached hydrogens (tertiary/aromatic N) is 2. The maximum Gasteiger partial charge on any atom is 0.323 e. The van der Waals surface area contributed by atoms with Crippen molar-refractivity contribution in [2.24, 2.45) is 7.05 Å². The number of carbonyl (C=O) groups is 1. The smallest absolute Gasteiger partial charge is 0.323 e. The van der Waals surface area contributed by atoms with E-state index in [1.165, 1.54) is 12.8 Å². The summed E-state index contributed by atoms with van der Waals surface area (Å²) in [6, 6.07) is 2.40. The van der Waals surface area contributed by atoms with Crippen molar-refractivity contribution in [3.63, 3.8) is 0 Å². The number of thioether (sulfide) groups is 1. The highest BCUT2D eigenvalue weighted by atomic mass is 32.2. The van der Waals surface area contributed by atoms with Crippen LogP contribution in [0.25, 0.3) is 0 Å². The average molecular weight is 297 g/mol. The summed E-state index contributed by atoms with van der Waals surface area (Å²) in [5.74, 6) is 0.753. The first-order valence-electron chi connectivity index (χ1n) is 7.16. The van der Waals surface area contributed by atoms with Crippen LogP contribution in [0.15, 0.2) is 11.1 Å². The van der Waals surface area contributed by atoms with Crippen LogP contribution in [0, 0.1) is 6.92 Å². The first-order valence-corrected chi connectivity index (χ1v) is 8.14. The Labute approximate surface area is 124 Å². The van der Waals surface area contributed by atoms with Crippen molar-refractivity contribution in [3.8, 4) is 0 Å². The van der Waals surface area contributed by atoms with Crippen LogP contribution in [0.1, 0.15) is 31.9 Å². The molecule has 0 saturated heterocycles. The molecule has 0 spiro atoms. The first kappa shape index (κ1) is 15.4. The van der Waals surface area contributed by atoms with Crippen LogP contribution in [0.3, 0.4) is 0 Å². The van der Waals surface area contributed by atoms with Crippen LogP contribution >= 0.6 is 11.8 Å². The summed E-state index contributed by atoms with van der Waals surface area (Å²) in [7, 11) is 1.95. The van der Waals surface area contributed by atoms with Gasteiger partial charge in [-0.2, -0.15) is 5.10 Å². The lowest BCUT2D eigenvalue weighted by Gasteiger charge is -2.16. The minimum absolute atomic E-state index is 0.124. The van der Waals surface area contributed by atoms with Crippen molar-refractivity contribution < 1.29 is 9.53 Å². The van der Waals surface area contributed by atoms with Gasteiger partial charge in [0.15, 0.2) is 0 Å². The van der Waals surface area contributed by atoms with E-state index in [2.05, 4.69) is 16.5 Å². The fourth-order valence-electron chi connectivity index (χ4n) is 2.05. The largest absolute Gasteiger partial charge is 0.465 e. The quantitative estimate of drug-likeness (QED) is 0.586. The standard InChI is InChI=1S/C14H23N3O2S/c1-4-19-14(18)12(15-11-5-6-11)7-8-20-13-9-10(2)16-17(13)3/h9,11-12,15H,4-8H2,1-3H3. The molecule has 1 aliphatic rings. The van der Waals surface area contributed by atoms with E-state index in [0.29, 0.717) is 12.6 Å². The van der Waals surface area contributed by atoms with Crippen LogP contribution in [-0.4, -0.2) is 40.2 Å². The molecule has 0 radical (unpaired) electrons. The zero-order valence-corrected chi connectivity index (χ0v) is 13.2. The summed E-state index contributed by atoms with van der Waals surface area (Å²) in [6.07, 6.45) is 3.12. The maximum absolute atomic E-state index is 11.9. The number of esters is 1. The molecule has 0 bridgehead atoms. The molecule has 1 aromatic heterocycles. The van der Waals surface area contributed by atoms with Gasteiger partial charge in [-0.15, -0.1) is 11.8 Å². The van der Waals surface area contributed by atoms with Gasteiger partial charge in [-0.3, -0.25) is 9.48 Å². The lowest BCUT2D eigenvalue weighted by atomic mass is 10.2. The minimum atomic E-state index is -0.177. The normalized spacial score (nSPS) is 16.1. The number of aryl methyl sites for hydroxylation is 2. The van der Waals surface area contributed by atoms with Gasteiger partial charge in [0.2, 0.25) is 0 Å². The van der Waals surface area contributed by atoms with E-state index < -0.39 is 0 Å². The van der Waals surface area contributed by atoms with Crippen molar-refractivity contribution in [1.82, 2.24) is 15.1 Å². The number of rotatable bonds is 8. The zero-order chi connectivity index (χ0) is 14.5. The van der Waals surface area contributed by atoms with Gasteiger partial charge in [0.25, 0.3) is 0 Å². The van der Waals surface area contributed by atoms with E-state index in [0.717, 1.165) is 22.9 Å². The van der Waals surface area contributed by atoms with E-state index in [9.17, 15) is 4.79 Å². The number of ether oxygens (including phenoxy) is 1. The molecule has 1 aromatic rings. The van der Waals surface area contributed by atoms with Crippen molar-refractivity contribution >= 4 is 17.7 Å². The summed E-state index contributed by atoms with van der Waals surface area (Å²) in [4.78, 5) is 11.9. The summed E-state index contributed by atoms with van der Waals surface area (Å²) in [5, 5.41) is 8.83. The second-order valence-corrected chi connectivity index (χ2v) is 6.25. The molecule has 2 rings (SSSR count). The number of nitrogens with one attached hydrogen (secondary N) is 1. The van der Waals surface area contributed by atoms with Crippen LogP contribution < -0.4 is 5.32 Å². The lowest BCUT2D eigenvalue weighted by molar-refractivity contribution is -0.145. The third kappa shape index (κ3) is 4.52. The summed E-state index contributed by atoms with van der Waals surface area (Å²) < 4.78 is 7.02. The monoisotopic (exact) mass is 297 g/mol. The Kier molecular flexibility index (Phi) is 5.48. The van der Waals surface area contributed by atoms with E-state index in [-0.39, 0.29) is 12.0 Å². The second kappa shape index (κ2) is 7.13. The molecule has 20 heavy (non-hydrogen) atoms. The van der Waals surface area contributed by atoms with Gasteiger partial charge in [0.05, 0.1) is 17.3 Å². The molecule has 1 aliphatic carbocycles. The van der Waals surface area contributed by atoms with E-state index in [4.69, 9.17) is 4.74 Å². The topological polar surface area (TPSA) is 56.1 Å². The molecular weight excluding hydrogens is 274 g/mol. The molecule has 0 aromatic carbocycles. The Morgan fingerprint density at radius 1 is 1.65 bits per heavy atom. The minimum Gasteiger partial charge on any atom is -0.465 e. The molecule has 1 unspecified atom stereocenters. The lowest BCUT2D eigenvalue weighted by Crippen LogP contribution is -2.39. The Hall–Kier alpha value is -1.01. The molecule has 0 aliphatic heterocycles. The van der Waals surface area contributed by atoms with E-state index in [1.807, 2.05) is 25.6 Å². The number of aromatic nitrogens is 2. The Morgan fingerprint density at radius 2 is 2.40 bits per heavy atom. The molecular formula is C14H23N3O2S. The van der Waals surface area contributed by atoms with Crippen LogP contribution in [0.5, 0.6) is 0 Å². The van der Waals surface area contributed by atoms with Gasteiger partial charge in [0.1, 0.15) is 6.04 Å². The van der Waals surface area contributed by atoms with Crippen molar-refractivity contribution in [2.75, 3.05) is 12.4 Å². The highest BCUT2D eigenvalue weighted by Crippen LogP contribution is 2.23. The average Bonchev–Trinajstić information content (AvgIpc) is 3.14. The molecule has 112 valence electrons. The Morgan fingerprint density at radius 3 is 2.95 bits per heavy atom. The van der Waals surface area contributed by atoms with Crippen LogP contribution in [0.4, 0.5) is 0 Å². The molecule has 5 nitrogen and oxygen atoms in total. The molecule has 6 heteroatoms. The van der Waals surface area contributed by atoms with Crippen molar-refractivity contribution in [1.29, 1.82) is 0 Å². The van der Waals surface area contributed by atoms with Gasteiger partial charge in [0, 0.05) is 18.8 Å². The molecule has 1 fully saturated rings. The number of carbonyl (C=O) groups excluding carboxylic acids is 1. The van der Waals surface area contributed by atoms with Gasteiger partial charge in [-0.05, 0) is 39.2 Å². The van der Waals surface area contributed by atoms with E-state index in [1.54, 1.807) is 11.8 Å². The molecule has 1 atom stereocenters. The van der Waals surface area contributed by atoms with Crippen molar-refractivity contribution in [2.45, 2.75) is 50.2 Å². The SMILES string of the molecule is CCOC(=O)C(CCSc1cc(C)nn1C)NC1CC1. The maximum atomic E-state index is 11.9. The third-order valence-corrected chi connectivity index (χ3v) is 4.32. The van der Waals surface area contributed by atoms with Gasteiger partial charge in [-0.25, -0.2) is 0 Å². The summed E-state index contributed by atoms with van der Waals surface area (Å²) >= 11 is 1.73. The predicted molar refractivity (Wildman–Crippen MR) is 79.9 cm³/mol. The Bertz CT molecular complexity index is 457. The van der Waals surface area contributed by atoms with Crippen LogP contribution in [-0.2, 0) is 16.6 Å². The highest BCUT2D eigenvalue weighted by Gasteiger charge is 2.28. The van der Waals surface area contributed by atoms with Gasteiger partial charge in [-0.1, -0.05) is 0 Å². The molecule has 0 amide bonds. The number of hydrogen-bond acceptors (Lipinski definition) is 5. The summed E-state index contributed by atoms with van der Waals surface area (Å²) in [5.41, 5.74) is 1.02. The first-order chi connectivity index (χ1) is 9.60. The second-order valence-electron chi connectivity index (χ2n) is 5.13. The zero-order valence-electron chi connectivity index (χ0n) is 12.4. The van der Waals surface area contributed by atoms with Gasteiger partial charge >= 0.3 is 5.97 Å². The fourth-order valence-corrected chi connectivity index (χ4v) is 3.09. The Balaban J connectivity index is 1.81. The van der Waals surface area contributed by atoms with Gasteiger partial charge < -0.3 is 10.1 Å². The van der Waals surface area contributed by atoms with E-state index >= 15 is 0 Å². The third-order valence-electron chi connectivity index (χ3n) is 3.20. The van der Waals surface area contributed by atoms with Crippen LogP contribution in [0.2, 0.25) is 0 Å². The molecule has 1 heterocycles. The number of hydrogen-bond donors (Lipinski definition) is 1. The highest BCUT2D eigenvalue weighted by molar-refractivity contribution is 7.99. The fraction of sp³-hybridized carbons (Fsp3) is 0.714. The predicted octanol–water partition coefficient (Wildman–Crippen LogP) is 1.89. The molecule has 1 N–H and O–H groups in total.